The lowest BCUT2D eigenvalue weighted by molar-refractivity contribution is -0.117. The molecule has 2 rings (SSSR count). The average Bonchev–Trinajstić information content (AvgIpc) is 2.45. The Morgan fingerprint density at radius 1 is 1.29 bits per heavy atom. The van der Waals surface area contributed by atoms with E-state index in [1.54, 1.807) is 6.07 Å². The van der Waals surface area contributed by atoms with Crippen LogP contribution < -0.4 is 20.5 Å². The first kappa shape index (κ1) is 15.6. The number of hydrogen-bond acceptors (Lipinski definition) is 4. The van der Waals surface area contributed by atoms with Gasteiger partial charge in [0.1, 0.15) is 13.2 Å². The Morgan fingerprint density at radius 3 is 2.67 bits per heavy atom. The quantitative estimate of drug-likeness (QED) is 0.844. The SMILES string of the molecule is CC(C)C[C@H](CN)CC(=O)Nc1ccc2c(c1)OCCO2. The van der Waals surface area contributed by atoms with Crippen molar-refractivity contribution >= 4 is 11.6 Å². The maximum absolute atomic E-state index is 12.1. The zero-order valence-electron chi connectivity index (χ0n) is 12.7. The number of fused-ring (bicyclic) bond motifs is 1. The lowest BCUT2D eigenvalue weighted by atomic mass is 9.94. The summed E-state index contributed by atoms with van der Waals surface area (Å²) < 4.78 is 11.0. The predicted molar refractivity (Wildman–Crippen MR) is 82.7 cm³/mol. The van der Waals surface area contributed by atoms with E-state index >= 15 is 0 Å². The standard InChI is InChI=1S/C16H24N2O3/c1-11(2)7-12(10-17)8-16(19)18-13-3-4-14-15(9-13)21-6-5-20-14/h3-4,9,11-12H,5-8,10,17H2,1-2H3,(H,18,19)/t12-/m0/s1. The highest BCUT2D eigenvalue weighted by Crippen LogP contribution is 2.32. The Balaban J connectivity index is 1.93. The maximum Gasteiger partial charge on any atom is 0.224 e. The number of rotatable bonds is 6. The monoisotopic (exact) mass is 292 g/mol. The topological polar surface area (TPSA) is 73.6 Å². The minimum absolute atomic E-state index is 0.0113. The molecule has 0 saturated carbocycles. The first-order chi connectivity index (χ1) is 10.1. The van der Waals surface area contributed by atoms with Crippen molar-refractivity contribution in [2.24, 2.45) is 17.6 Å². The van der Waals surface area contributed by atoms with Crippen LogP contribution in [-0.2, 0) is 4.79 Å². The first-order valence-electron chi connectivity index (χ1n) is 7.48. The Bertz CT molecular complexity index is 488. The van der Waals surface area contributed by atoms with Crippen LogP contribution >= 0.6 is 0 Å². The molecule has 0 unspecified atom stereocenters. The van der Waals surface area contributed by atoms with Crippen molar-refractivity contribution in [2.45, 2.75) is 26.7 Å². The smallest absolute Gasteiger partial charge is 0.224 e. The van der Waals surface area contributed by atoms with Gasteiger partial charge >= 0.3 is 0 Å². The summed E-state index contributed by atoms with van der Waals surface area (Å²) in [5.74, 6) is 2.15. The Labute approximate surface area is 125 Å². The molecular weight excluding hydrogens is 268 g/mol. The predicted octanol–water partition coefficient (Wildman–Crippen LogP) is 2.41. The van der Waals surface area contributed by atoms with Crippen LogP contribution in [-0.4, -0.2) is 25.7 Å². The van der Waals surface area contributed by atoms with Crippen molar-refractivity contribution in [2.75, 3.05) is 25.1 Å². The molecule has 3 N–H and O–H groups in total. The Hall–Kier alpha value is -1.75. The van der Waals surface area contributed by atoms with Gasteiger partial charge in [-0.25, -0.2) is 0 Å². The van der Waals surface area contributed by atoms with Crippen molar-refractivity contribution in [3.63, 3.8) is 0 Å². The van der Waals surface area contributed by atoms with Crippen molar-refractivity contribution < 1.29 is 14.3 Å². The highest BCUT2D eigenvalue weighted by molar-refractivity contribution is 5.91. The zero-order valence-corrected chi connectivity index (χ0v) is 12.7. The molecule has 5 nitrogen and oxygen atoms in total. The van der Waals surface area contributed by atoms with Crippen LogP contribution in [0.1, 0.15) is 26.7 Å². The second-order valence-electron chi connectivity index (χ2n) is 5.84. The van der Waals surface area contributed by atoms with E-state index in [9.17, 15) is 4.79 Å². The fourth-order valence-electron chi connectivity index (χ4n) is 2.52. The number of anilines is 1. The fourth-order valence-corrected chi connectivity index (χ4v) is 2.52. The second-order valence-corrected chi connectivity index (χ2v) is 5.84. The van der Waals surface area contributed by atoms with E-state index in [1.807, 2.05) is 12.1 Å². The van der Waals surface area contributed by atoms with E-state index in [1.165, 1.54) is 0 Å². The van der Waals surface area contributed by atoms with Crippen LogP contribution in [0.3, 0.4) is 0 Å². The molecule has 1 atom stereocenters. The van der Waals surface area contributed by atoms with E-state index in [2.05, 4.69) is 19.2 Å². The highest BCUT2D eigenvalue weighted by Gasteiger charge is 2.16. The summed E-state index contributed by atoms with van der Waals surface area (Å²) in [6.07, 6.45) is 1.41. The number of ether oxygens (including phenoxy) is 2. The molecule has 0 saturated heterocycles. The van der Waals surface area contributed by atoms with E-state index in [4.69, 9.17) is 15.2 Å². The molecule has 1 aliphatic heterocycles. The number of hydrogen-bond donors (Lipinski definition) is 2. The van der Waals surface area contributed by atoms with Gasteiger partial charge in [0.15, 0.2) is 11.5 Å². The summed E-state index contributed by atoms with van der Waals surface area (Å²) >= 11 is 0. The lowest BCUT2D eigenvalue weighted by Crippen LogP contribution is -2.23. The Morgan fingerprint density at radius 2 is 2.00 bits per heavy atom. The van der Waals surface area contributed by atoms with E-state index < -0.39 is 0 Å². The largest absolute Gasteiger partial charge is 0.486 e. The molecule has 1 aromatic rings. The first-order valence-corrected chi connectivity index (χ1v) is 7.48. The van der Waals surface area contributed by atoms with E-state index in [-0.39, 0.29) is 11.8 Å². The van der Waals surface area contributed by atoms with Gasteiger partial charge in [-0.3, -0.25) is 4.79 Å². The van der Waals surface area contributed by atoms with Gasteiger partial charge in [-0.2, -0.15) is 0 Å². The number of nitrogens with two attached hydrogens (primary N) is 1. The third-order valence-corrected chi connectivity index (χ3v) is 3.44. The summed E-state index contributed by atoms with van der Waals surface area (Å²) in [4.78, 5) is 12.1. The molecule has 1 aliphatic rings. The van der Waals surface area contributed by atoms with Gasteiger partial charge < -0.3 is 20.5 Å². The normalized spacial score (nSPS) is 14.9. The van der Waals surface area contributed by atoms with E-state index in [0.717, 1.165) is 17.9 Å². The number of nitrogens with one attached hydrogen (secondary N) is 1. The average molecular weight is 292 g/mol. The third kappa shape index (κ3) is 4.63. The summed E-state index contributed by atoms with van der Waals surface area (Å²) in [7, 11) is 0. The minimum atomic E-state index is -0.0113. The molecule has 0 aromatic heterocycles. The molecule has 0 aliphatic carbocycles. The van der Waals surface area contributed by atoms with Crippen molar-refractivity contribution in [1.29, 1.82) is 0 Å². The third-order valence-electron chi connectivity index (χ3n) is 3.44. The lowest BCUT2D eigenvalue weighted by Gasteiger charge is -2.19. The molecule has 21 heavy (non-hydrogen) atoms. The van der Waals surface area contributed by atoms with Crippen LogP contribution in [0.25, 0.3) is 0 Å². The summed E-state index contributed by atoms with van der Waals surface area (Å²) in [6, 6.07) is 5.44. The van der Waals surface area contributed by atoms with Crippen LogP contribution in [0.2, 0.25) is 0 Å². The zero-order chi connectivity index (χ0) is 15.2. The van der Waals surface area contributed by atoms with Gasteiger partial charge in [0.25, 0.3) is 0 Å². The molecule has 116 valence electrons. The number of carbonyl (C=O) groups is 1. The Kier molecular flexibility index (Phi) is 5.44. The van der Waals surface area contributed by atoms with Gasteiger partial charge in [0.2, 0.25) is 5.91 Å². The number of benzene rings is 1. The van der Waals surface area contributed by atoms with Gasteiger partial charge in [-0.1, -0.05) is 13.8 Å². The molecule has 0 spiro atoms. The van der Waals surface area contributed by atoms with Crippen molar-refractivity contribution in [1.82, 2.24) is 0 Å². The van der Waals surface area contributed by atoms with Crippen molar-refractivity contribution in [3.8, 4) is 11.5 Å². The fraction of sp³-hybridized carbons (Fsp3) is 0.562. The number of carbonyl (C=O) groups excluding carboxylic acids is 1. The molecule has 1 aromatic carbocycles. The van der Waals surface area contributed by atoms with Crippen LogP contribution in [0.4, 0.5) is 5.69 Å². The molecule has 5 heteroatoms. The summed E-state index contributed by atoms with van der Waals surface area (Å²) in [5.41, 5.74) is 6.46. The molecule has 0 radical (unpaired) electrons. The molecule has 0 bridgehead atoms. The van der Waals surface area contributed by atoms with E-state index in [0.29, 0.717) is 37.8 Å². The minimum Gasteiger partial charge on any atom is -0.486 e. The van der Waals surface area contributed by atoms with Gasteiger partial charge in [-0.05, 0) is 36.9 Å². The molecule has 1 amide bonds. The number of amides is 1. The second kappa shape index (κ2) is 7.31. The summed E-state index contributed by atoms with van der Waals surface area (Å²) in [6.45, 7) is 5.91. The van der Waals surface area contributed by atoms with Gasteiger partial charge in [0.05, 0.1) is 0 Å². The summed E-state index contributed by atoms with van der Waals surface area (Å²) in [5, 5.41) is 2.90. The van der Waals surface area contributed by atoms with Gasteiger partial charge in [-0.15, -0.1) is 0 Å². The van der Waals surface area contributed by atoms with Crippen molar-refractivity contribution in [3.05, 3.63) is 18.2 Å². The van der Waals surface area contributed by atoms with Gasteiger partial charge in [0, 0.05) is 18.2 Å². The molecule has 1 heterocycles. The molecule has 0 fully saturated rings. The maximum atomic E-state index is 12.1. The highest BCUT2D eigenvalue weighted by atomic mass is 16.6. The van der Waals surface area contributed by atoms with Crippen LogP contribution in [0.15, 0.2) is 18.2 Å². The molecular formula is C16H24N2O3. The van der Waals surface area contributed by atoms with Crippen LogP contribution in [0.5, 0.6) is 11.5 Å². The van der Waals surface area contributed by atoms with Crippen LogP contribution in [0, 0.1) is 11.8 Å².